The van der Waals surface area contributed by atoms with Crippen molar-refractivity contribution in [3.05, 3.63) is 96.1 Å². The number of amidine groups is 1. The van der Waals surface area contributed by atoms with Crippen molar-refractivity contribution in [1.82, 2.24) is 25.1 Å². The molecule has 13 nitrogen and oxygen atoms in total. The van der Waals surface area contributed by atoms with Crippen molar-refractivity contribution in [2.45, 2.75) is 57.7 Å². The summed E-state index contributed by atoms with van der Waals surface area (Å²) in [6.45, 7) is -0.383. The number of amides is 1. The van der Waals surface area contributed by atoms with Gasteiger partial charge >= 0.3 is 18.2 Å². The van der Waals surface area contributed by atoms with Gasteiger partial charge in [0, 0.05) is 23.7 Å². The zero-order valence-electron chi connectivity index (χ0n) is 25.1. The molecule has 46 heavy (non-hydrogen) atoms. The van der Waals surface area contributed by atoms with Gasteiger partial charge in [0.2, 0.25) is 6.79 Å². The summed E-state index contributed by atoms with van der Waals surface area (Å²) in [6, 6.07) is 19.8. The van der Waals surface area contributed by atoms with Gasteiger partial charge in [0.25, 0.3) is 0 Å². The first-order valence-electron chi connectivity index (χ1n) is 15.0. The summed E-state index contributed by atoms with van der Waals surface area (Å²) >= 11 is 0. The monoisotopic (exact) mass is 626 g/mol. The van der Waals surface area contributed by atoms with Crippen molar-refractivity contribution < 1.29 is 33.3 Å². The number of rotatable bonds is 11. The first-order chi connectivity index (χ1) is 22.4. The van der Waals surface area contributed by atoms with Crippen molar-refractivity contribution in [1.29, 1.82) is 5.41 Å². The second kappa shape index (κ2) is 15.9. The van der Waals surface area contributed by atoms with Crippen LogP contribution in [0, 0.1) is 5.41 Å². The molecule has 2 aromatic carbocycles. The summed E-state index contributed by atoms with van der Waals surface area (Å²) in [4.78, 5) is 40.2. The number of alkyl carbamates (subject to hydrolysis) is 1. The molecule has 1 aliphatic carbocycles. The average Bonchev–Trinajstić information content (AvgIpc) is 3.57. The summed E-state index contributed by atoms with van der Waals surface area (Å²) in [7, 11) is 0. The van der Waals surface area contributed by atoms with Crippen molar-refractivity contribution in [2.24, 2.45) is 0 Å². The summed E-state index contributed by atoms with van der Waals surface area (Å²) in [6.07, 6.45) is 6.89. The number of carbonyl (C=O) groups is 3. The molecule has 238 valence electrons. The van der Waals surface area contributed by atoms with Crippen LogP contribution < -0.4 is 5.32 Å². The Kier molecular flexibility index (Phi) is 11.0. The van der Waals surface area contributed by atoms with Gasteiger partial charge in [-0.05, 0) is 43.4 Å². The number of hydrogen-bond donors (Lipinski definition) is 2. The predicted octanol–water partition coefficient (Wildman–Crippen LogP) is 5.50. The smallest absolute Gasteiger partial charge is 0.444 e. The number of carbonyl (C=O) groups excluding carboxylic acids is 3. The van der Waals surface area contributed by atoms with E-state index < -0.39 is 25.0 Å². The molecule has 4 aromatic rings. The summed E-state index contributed by atoms with van der Waals surface area (Å²) < 4.78 is 21.9. The minimum absolute atomic E-state index is 0.0561. The van der Waals surface area contributed by atoms with E-state index in [0.29, 0.717) is 29.2 Å². The lowest BCUT2D eigenvalue weighted by atomic mass is 9.98. The van der Waals surface area contributed by atoms with Crippen molar-refractivity contribution >= 4 is 24.1 Å². The van der Waals surface area contributed by atoms with Crippen LogP contribution in [-0.2, 0) is 36.8 Å². The highest BCUT2D eigenvalue weighted by atomic mass is 16.8. The largest absolute Gasteiger partial charge is 0.511 e. The van der Waals surface area contributed by atoms with Crippen LogP contribution in [0.4, 0.5) is 9.59 Å². The minimum Gasteiger partial charge on any atom is -0.444 e. The molecule has 1 fully saturated rings. The van der Waals surface area contributed by atoms with Gasteiger partial charge in [0.15, 0.2) is 5.82 Å². The van der Waals surface area contributed by atoms with Gasteiger partial charge in [0.1, 0.15) is 24.9 Å². The number of ether oxygens (including phenoxy) is 4. The molecule has 2 heterocycles. The van der Waals surface area contributed by atoms with Gasteiger partial charge in [-0.2, -0.15) is 0 Å². The van der Waals surface area contributed by atoms with Crippen molar-refractivity contribution in [3.63, 3.8) is 0 Å². The van der Waals surface area contributed by atoms with E-state index in [9.17, 15) is 14.4 Å². The molecule has 2 aromatic heterocycles. The number of hydrogen-bond acceptors (Lipinski definition) is 11. The van der Waals surface area contributed by atoms with Crippen LogP contribution in [0.1, 0.15) is 55.3 Å². The Morgan fingerprint density at radius 3 is 2.41 bits per heavy atom. The number of imidazole rings is 1. The highest BCUT2D eigenvalue weighted by Gasteiger charge is 2.19. The van der Waals surface area contributed by atoms with Gasteiger partial charge in [-0.3, -0.25) is 20.1 Å². The Bertz CT molecular complexity index is 1620. The Balaban J connectivity index is 1.04. The Morgan fingerprint density at radius 1 is 0.891 bits per heavy atom. The maximum atomic E-state index is 12.1. The molecule has 0 spiro atoms. The van der Waals surface area contributed by atoms with Gasteiger partial charge in [-0.25, -0.2) is 14.6 Å². The maximum Gasteiger partial charge on any atom is 0.511 e. The molecule has 13 heteroatoms. The third-order valence-corrected chi connectivity index (χ3v) is 7.26. The maximum absolute atomic E-state index is 12.1. The molecule has 1 saturated carbocycles. The second-order valence-electron chi connectivity index (χ2n) is 10.6. The molecular formula is C33H34N6O7. The molecule has 0 radical (unpaired) electrons. The van der Waals surface area contributed by atoms with Crippen LogP contribution >= 0.6 is 0 Å². The molecule has 0 bridgehead atoms. The topological polar surface area (TPSA) is 168 Å². The van der Waals surface area contributed by atoms with E-state index in [1.807, 2.05) is 30.3 Å². The normalized spacial score (nSPS) is 13.0. The van der Waals surface area contributed by atoms with Crippen molar-refractivity contribution in [3.8, 4) is 17.1 Å². The molecule has 0 atom stereocenters. The Morgan fingerprint density at radius 2 is 1.67 bits per heavy atom. The van der Waals surface area contributed by atoms with Crippen LogP contribution in [0.2, 0.25) is 0 Å². The quantitative estimate of drug-likeness (QED) is 0.0713. The molecule has 2 N–H and O–H groups in total. The van der Waals surface area contributed by atoms with Gasteiger partial charge < -0.3 is 18.9 Å². The van der Waals surface area contributed by atoms with E-state index in [1.165, 1.54) is 0 Å². The molecule has 1 aliphatic rings. The predicted molar refractivity (Wildman–Crippen MR) is 165 cm³/mol. The van der Waals surface area contributed by atoms with Crippen LogP contribution in [0.15, 0.2) is 79.3 Å². The van der Waals surface area contributed by atoms with E-state index in [0.717, 1.165) is 43.2 Å². The number of esters is 1. The summed E-state index contributed by atoms with van der Waals surface area (Å²) in [5.74, 6) is -0.0752. The van der Waals surface area contributed by atoms with E-state index in [-0.39, 0.29) is 25.0 Å². The Labute approximate surface area is 265 Å². The zero-order chi connectivity index (χ0) is 32.1. The number of nitrogens with zero attached hydrogens (tertiary/aromatic N) is 4. The lowest BCUT2D eigenvalue weighted by molar-refractivity contribution is -0.153. The first-order valence-corrected chi connectivity index (χ1v) is 15.0. The summed E-state index contributed by atoms with van der Waals surface area (Å²) in [5, 5.41) is 19.2. The molecule has 0 unspecified atom stereocenters. The lowest BCUT2D eigenvalue weighted by Gasteiger charge is -2.21. The number of aryl methyl sites for hydroxylation is 1. The zero-order valence-corrected chi connectivity index (χ0v) is 25.1. The second-order valence-corrected chi connectivity index (χ2v) is 10.6. The molecule has 0 saturated heterocycles. The lowest BCUT2D eigenvalue weighted by Crippen LogP contribution is -2.30. The standard InChI is InChI=1S/C33H34N6O7/c34-31(36-32(41)43-20-23-7-3-1-4-8-23)25-13-11-24(12-14-25)28-16-17-29(38-37-28)39-19-26(35-21-39)15-18-30(40)44-22-45-33(42)46-27-9-5-2-6-10-27/h1,3-4,7-8,11-14,16-17,19,21,27H,2,5-6,9-10,15,18,20,22H2,(H2,34,36,41). The summed E-state index contributed by atoms with van der Waals surface area (Å²) in [5.41, 5.74) is 3.40. The number of aromatic nitrogens is 4. The fraction of sp³-hybridized carbons (Fsp3) is 0.303. The van der Waals surface area contributed by atoms with Gasteiger partial charge in [-0.1, -0.05) is 61.0 Å². The number of nitrogens with one attached hydrogen (secondary N) is 2. The van der Waals surface area contributed by atoms with Crippen LogP contribution in [0.3, 0.4) is 0 Å². The van der Waals surface area contributed by atoms with E-state index in [4.69, 9.17) is 24.4 Å². The van der Waals surface area contributed by atoms with Gasteiger partial charge in [-0.15, -0.1) is 10.2 Å². The highest BCUT2D eigenvalue weighted by Crippen LogP contribution is 2.21. The number of benzene rings is 2. The first kappa shape index (κ1) is 31.8. The molecular weight excluding hydrogens is 592 g/mol. The van der Waals surface area contributed by atoms with Crippen LogP contribution in [0.5, 0.6) is 0 Å². The Hall–Kier alpha value is -5.59. The van der Waals surface area contributed by atoms with Crippen molar-refractivity contribution in [2.75, 3.05) is 6.79 Å². The minimum atomic E-state index is -0.825. The fourth-order valence-corrected chi connectivity index (χ4v) is 4.77. The van der Waals surface area contributed by atoms with Crippen LogP contribution in [0.25, 0.3) is 17.1 Å². The fourth-order valence-electron chi connectivity index (χ4n) is 4.77. The third-order valence-electron chi connectivity index (χ3n) is 7.26. The molecule has 0 aliphatic heterocycles. The van der Waals surface area contributed by atoms with E-state index in [2.05, 4.69) is 20.5 Å². The molecule has 1 amide bonds. The average molecular weight is 627 g/mol. The third kappa shape index (κ3) is 9.45. The van der Waals surface area contributed by atoms with E-state index >= 15 is 0 Å². The highest BCUT2D eigenvalue weighted by molar-refractivity contribution is 6.04. The SMILES string of the molecule is N=C(NC(=O)OCc1ccccc1)c1ccc(-c2ccc(-n3cnc(CCC(=O)OCOC(=O)OC4CCCCC4)c3)nn2)cc1. The van der Waals surface area contributed by atoms with E-state index in [1.54, 1.807) is 53.5 Å². The molecule has 5 rings (SSSR count). The van der Waals surface area contributed by atoms with Crippen LogP contribution in [-0.4, -0.2) is 56.7 Å². The van der Waals surface area contributed by atoms with Gasteiger partial charge in [0.05, 0.1) is 17.8 Å².